The van der Waals surface area contributed by atoms with Gasteiger partial charge < -0.3 is 5.32 Å². The number of thiazole rings is 1. The van der Waals surface area contributed by atoms with Gasteiger partial charge in [-0.1, -0.05) is 31.2 Å². The monoisotopic (exact) mass is 269 g/mol. The number of hydrogen-bond acceptors (Lipinski definition) is 4. The fourth-order valence-electron chi connectivity index (χ4n) is 1.94. The SMILES string of the molecule is CCNCc1cnc(-c2ccc3ccccc3n2)s1. The molecule has 1 N–H and O–H groups in total. The van der Waals surface area contributed by atoms with Gasteiger partial charge in [-0.2, -0.15) is 0 Å². The molecule has 3 aromatic rings. The summed E-state index contributed by atoms with van der Waals surface area (Å²) in [5.74, 6) is 0. The van der Waals surface area contributed by atoms with Crippen molar-refractivity contribution in [3.8, 4) is 10.7 Å². The van der Waals surface area contributed by atoms with Gasteiger partial charge in [0.1, 0.15) is 5.01 Å². The molecule has 0 saturated carbocycles. The first-order chi connectivity index (χ1) is 9.36. The molecule has 0 atom stereocenters. The third-order valence-electron chi connectivity index (χ3n) is 2.92. The first-order valence-electron chi connectivity index (χ1n) is 6.38. The van der Waals surface area contributed by atoms with Gasteiger partial charge in [0.25, 0.3) is 0 Å². The van der Waals surface area contributed by atoms with Crippen molar-refractivity contribution in [3.63, 3.8) is 0 Å². The zero-order chi connectivity index (χ0) is 13.1. The van der Waals surface area contributed by atoms with Crippen LogP contribution in [0.15, 0.2) is 42.6 Å². The lowest BCUT2D eigenvalue weighted by Crippen LogP contribution is -2.10. The second-order valence-electron chi connectivity index (χ2n) is 4.30. The van der Waals surface area contributed by atoms with Gasteiger partial charge >= 0.3 is 0 Å². The molecular weight excluding hydrogens is 254 g/mol. The molecule has 0 aliphatic carbocycles. The quantitative estimate of drug-likeness (QED) is 0.788. The minimum Gasteiger partial charge on any atom is -0.312 e. The highest BCUT2D eigenvalue weighted by molar-refractivity contribution is 7.15. The number of aromatic nitrogens is 2. The molecule has 2 aromatic heterocycles. The van der Waals surface area contributed by atoms with Gasteiger partial charge in [-0.3, -0.25) is 0 Å². The van der Waals surface area contributed by atoms with E-state index in [9.17, 15) is 0 Å². The zero-order valence-electron chi connectivity index (χ0n) is 10.8. The van der Waals surface area contributed by atoms with Gasteiger partial charge in [0.2, 0.25) is 0 Å². The van der Waals surface area contributed by atoms with Crippen LogP contribution in [0.3, 0.4) is 0 Å². The number of pyridine rings is 1. The average molecular weight is 269 g/mol. The van der Waals surface area contributed by atoms with Crippen LogP contribution < -0.4 is 5.32 Å². The molecule has 0 radical (unpaired) electrons. The molecule has 0 bridgehead atoms. The molecular formula is C15H15N3S. The summed E-state index contributed by atoms with van der Waals surface area (Å²) in [5.41, 5.74) is 1.97. The molecule has 96 valence electrons. The van der Waals surface area contributed by atoms with Gasteiger partial charge in [0, 0.05) is 23.0 Å². The van der Waals surface area contributed by atoms with E-state index in [1.165, 1.54) is 4.88 Å². The number of rotatable bonds is 4. The second kappa shape index (κ2) is 5.47. The summed E-state index contributed by atoms with van der Waals surface area (Å²) in [6, 6.07) is 12.3. The van der Waals surface area contributed by atoms with Gasteiger partial charge in [0.15, 0.2) is 0 Å². The van der Waals surface area contributed by atoms with Crippen LogP contribution in [0.5, 0.6) is 0 Å². The highest BCUT2D eigenvalue weighted by Gasteiger charge is 2.06. The maximum Gasteiger partial charge on any atom is 0.142 e. The molecule has 0 spiro atoms. The molecule has 19 heavy (non-hydrogen) atoms. The largest absolute Gasteiger partial charge is 0.312 e. The molecule has 0 fully saturated rings. The Hall–Kier alpha value is -1.78. The summed E-state index contributed by atoms with van der Waals surface area (Å²) in [5, 5.41) is 5.46. The van der Waals surface area contributed by atoms with Gasteiger partial charge in [-0.15, -0.1) is 11.3 Å². The van der Waals surface area contributed by atoms with Crippen molar-refractivity contribution in [1.82, 2.24) is 15.3 Å². The number of para-hydroxylation sites is 1. The first-order valence-corrected chi connectivity index (χ1v) is 7.20. The van der Waals surface area contributed by atoms with E-state index < -0.39 is 0 Å². The number of fused-ring (bicyclic) bond motifs is 1. The average Bonchev–Trinajstić information content (AvgIpc) is 2.93. The minimum atomic E-state index is 0.877. The van der Waals surface area contributed by atoms with E-state index in [1.54, 1.807) is 11.3 Å². The van der Waals surface area contributed by atoms with E-state index in [0.29, 0.717) is 0 Å². The summed E-state index contributed by atoms with van der Waals surface area (Å²) in [7, 11) is 0. The van der Waals surface area contributed by atoms with Crippen LogP contribution in [0.25, 0.3) is 21.6 Å². The van der Waals surface area contributed by atoms with Crippen LogP contribution in [0, 0.1) is 0 Å². The Morgan fingerprint density at radius 1 is 1.16 bits per heavy atom. The molecule has 0 aliphatic rings. The topological polar surface area (TPSA) is 37.8 Å². The van der Waals surface area contributed by atoms with E-state index in [1.807, 2.05) is 30.5 Å². The van der Waals surface area contributed by atoms with Crippen molar-refractivity contribution in [2.45, 2.75) is 13.5 Å². The molecule has 0 amide bonds. The van der Waals surface area contributed by atoms with Crippen molar-refractivity contribution in [2.75, 3.05) is 6.54 Å². The molecule has 4 heteroatoms. The van der Waals surface area contributed by atoms with Crippen LogP contribution in [0.4, 0.5) is 0 Å². The summed E-state index contributed by atoms with van der Waals surface area (Å²) in [6.45, 7) is 3.95. The molecule has 0 unspecified atom stereocenters. The lowest BCUT2D eigenvalue weighted by atomic mass is 10.2. The normalized spacial score (nSPS) is 11.0. The zero-order valence-corrected chi connectivity index (χ0v) is 11.6. The first kappa shape index (κ1) is 12.3. The maximum absolute atomic E-state index is 4.67. The number of nitrogens with one attached hydrogen (secondary N) is 1. The minimum absolute atomic E-state index is 0.877. The van der Waals surface area contributed by atoms with Crippen molar-refractivity contribution in [2.24, 2.45) is 0 Å². The number of hydrogen-bond donors (Lipinski definition) is 1. The second-order valence-corrected chi connectivity index (χ2v) is 5.42. The predicted molar refractivity (Wildman–Crippen MR) is 80.2 cm³/mol. The standard InChI is InChI=1S/C15H15N3S/c1-2-16-9-12-10-17-15(19-12)14-8-7-11-5-3-4-6-13(11)18-14/h3-8,10,16H,2,9H2,1H3. The Kier molecular flexibility index (Phi) is 3.53. The van der Waals surface area contributed by atoms with E-state index >= 15 is 0 Å². The Labute approximate surface area is 116 Å². The summed E-state index contributed by atoms with van der Waals surface area (Å²) in [4.78, 5) is 10.4. The fraction of sp³-hybridized carbons (Fsp3) is 0.200. The number of nitrogens with zero attached hydrogens (tertiary/aromatic N) is 2. The van der Waals surface area contributed by atoms with Crippen molar-refractivity contribution < 1.29 is 0 Å². The van der Waals surface area contributed by atoms with Crippen LogP contribution in [0.1, 0.15) is 11.8 Å². The Morgan fingerprint density at radius 3 is 2.95 bits per heavy atom. The van der Waals surface area contributed by atoms with Gasteiger partial charge in [0.05, 0.1) is 11.2 Å². The Bertz CT molecular complexity index is 690. The highest BCUT2D eigenvalue weighted by Crippen LogP contribution is 2.25. The highest BCUT2D eigenvalue weighted by atomic mass is 32.1. The summed E-state index contributed by atoms with van der Waals surface area (Å²) < 4.78 is 0. The Balaban J connectivity index is 1.92. The summed E-state index contributed by atoms with van der Waals surface area (Å²) in [6.07, 6.45) is 1.93. The van der Waals surface area contributed by atoms with Crippen LogP contribution in [-0.2, 0) is 6.54 Å². The van der Waals surface area contributed by atoms with E-state index in [-0.39, 0.29) is 0 Å². The molecule has 1 aromatic carbocycles. The van der Waals surface area contributed by atoms with Crippen LogP contribution >= 0.6 is 11.3 Å². The molecule has 0 saturated heterocycles. The number of benzene rings is 1. The maximum atomic E-state index is 4.67. The van der Waals surface area contributed by atoms with Crippen molar-refractivity contribution >= 4 is 22.2 Å². The van der Waals surface area contributed by atoms with E-state index in [4.69, 9.17) is 0 Å². The van der Waals surface area contributed by atoms with Gasteiger partial charge in [-0.25, -0.2) is 9.97 Å². The molecule has 0 aliphatic heterocycles. The third kappa shape index (κ3) is 2.64. The lowest BCUT2D eigenvalue weighted by molar-refractivity contribution is 0.734. The van der Waals surface area contributed by atoms with E-state index in [0.717, 1.165) is 34.7 Å². The Morgan fingerprint density at radius 2 is 2.05 bits per heavy atom. The van der Waals surface area contributed by atoms with Gasteiger partial charge in [-0.05, 0) is 18.7 Å². The lowest BCUT2D eigenvalue weighted by Gasteiger charge is -1.99. The van der Waals surface area contributed by atoms with Crippen molar-refractivity contribution in [3.05, 3.63) is 47.5 Å². The predicted octanol–water partition coefficient (Wildman–Crippen LogP) is 3.47. The van der Waals surface area contributed by atoms with Crippen molar-refractivity contribution in [1.29, 1.82) is 0 Å². The molecule has 3 rings (SSSR count). The smallest absolute Gasteiger partial charge is 0.142 e. The van der Waals surface area contributed by atoms with E-state index in [2.05, 4.69) is 34.3 Å². The fourth-order valence-corrected chi connectivity index (χ4v) is 2.79. The van der Waals surface area contributed by atoms with Crippen LogP contribution in [-0.4, -0.2) is 16.5 Å². The van der Waals surface area contributed by atoms with Crippen LogP contribution in [0.2, 0.25) is 0 Å². The molecule has 3 nitrogen and oxygen atoms in total. The third-order valence-corrected chi connectivity index (χ3v) is 3.94. The summed E-state index contributed by atoms with van der Waals surface area (Å²) >= 11 is 1.70. The molecule has 2 heterocycles.